The molecule has 1 unspecified atom stereocenters. The molecule has 0 bridgehead atoms. The first kappa shape index (κ1) is 10.8. The van der Waals surface area contributed by atoms with Gasteiger partial charge >= 0.3 is 5.97 Å². The van der Waals surface area contributed by atoms with Gasteiger partial charge < -0.3 is 9.64 Å². The molecular weight excluding hydrogens is 182 g/mol. The fourth-order valence-electron chi connectivity index (χ4n) is 1.52. The number of likely N-dealkylation sites (tertiary alicyclic amines) is 1. The zero-order chi connectivity index (χ0) is 10.6. The lowest BCUT2D eigenvalue weighted by molar-refractivity contribution is -0.147. The van der Waals surface area contributed by atoms with Gasteiger partial charge in [0.15, 0.2) is 0 Å². The molecule has 0 N–H and O–H groups in total. The summed E-state index contributed by atoms with van der Waals surface area (Å²) < 4.78 is 4.86. The third-order valence-electron chi connectivity index (χ3n) is 2.18. The minimum Gasteiger partial charge on any atom is -0.466 e. The van der Waals surface area contributed by atoms with Crippen molar-refractivity contribution in [3.05, 3.63) is 12.7 Å². The second kappa shape index (κ2) is 4.79. The van der Waals surface area contributed by atoms with Crippen LogP contribution in [0.5, 0.6) is 0 Å². The Morgan fingerprint density at radius 3 is 3.07 bits per heavy atom. The highest BCUT2D eigenvalue weighted by Crippen LogP contribution is 2.18. The summed E-state index contributed by atoms with van der Waals surface area (Å²) in [7, 11) is 0. The van der Waals surface area contributed by atoms with Crippen LogP contribution in [-0.2, 0) is 14.3 Å². The SMILES string of the molecule is C=CCN1CC(C(=O)OCC)CC1=O. The second-order valence-corrected chi connectivity index (χ2v) is 3.24. The lowest BCUT2D eigenvalue weighted by atomic mass is 10.1. The fourth-order valence-corrected chi connectivity index (χ4v) is 1.52. The Hall–Kier alpha value is -1.32. The standard InChI is InChI=1S/C10H15NO3/c1-3-5-11-7-8(6-9(11)12)10(13)14-4-2/h3,8H,1,4-7H2,2H3. The molecule has 78 valence electrons. The van der Waals surface area contributed by atoms with Crippen LogP contribution in [0.25, 0.3) is 0 Å². The Balaban J connectivity index is 2.49. The number of hydrogen-bond donors (Lipinski definition) is 0. The summed E-state index contributed by atoms with van der Waals surface area (Å²) in [5.74, 6) is -0.558. The number of ether oxygens (including phenoxy) is 1. The average molecular weight is 197 g/mol. The lowest BCUT2D eigenvalue weighted by Gasteiger charge is -2.13. The van der Waals surface area contributed by atoms with E-state index in [1.807, 2.05) is 0 Å². The molecule has 0 aromatic carbocycles. The van der Waals surface area contributed by atoms with Gasteiger partial charge in [0.2, 0.25) is 5.91 Å². The predicted octanol–water partition coefficient (Wildman–Crippen LogP) is 0.584. The first-order chi connectivity index (χ1) is 6.69. The van der Waals surface area contributed by atoms with E-state index in [1.54, 1.807) is 17.9 Å². The molecule has 14 heavy (non-hydrogen) atoms. The van der Waals surface area contributed by atoms with Crippen molar-refractivity contribution >= 4 is 11.9 Å². The van der Waals surface area contributed by atoms with E-state index in [9.17, 15) is 9.59 Å². The van der Waals surface area contributed by atoms with E-state index in [2.05, 4.69) is 6.58 Å². The van der Waals surface area contributed by atoms with Crippen LogP contribution in [0.3, 0.4) is 0 Å². The molecule has 4 heteroatoms. The Bertz CT molecular complexity index is 250. The third-order valence-corrected chi connectivity index (χ3v) is 2.18. The van der Waals surface area contributed by atoms with Gasteiger partial charge in [0.05, 0.1) is 12.5 Å². The van der Waals surface area contributed by atoms with Gasteiger partial charge in [-0.2, -0.15) is 0 Å². The van der Waals surface area contributed by atoms with E-state index in [0.29, 0.717) is 19.7 Å². The smallest absolute Gasteiger partial charge is 0.311 e. The van der Waals surface area contributed by atoms with Gasteiger partial charge in [-0.3, -0.25) is 9.59 Å². The molecule has 0 saturated carbocycles. The van der Waals surface area contributed by atoms with Crippen LogP contribution in [0.1, 0.15) is 13.3 Å². The normalized spacial score (nSPS) is 21.1. The van der Waals surface area contributed by atoms with Crippen LogP contribution in [-0.4, -0.2) is 36.5 Å². The van der Waals surface area contributed by atoms with Crippen molar-refractivity contribution in [2.75, 3.05) is 19.7 Å². The van der Waals surface area contributed by atoms with E-state index in [4.69, 9.17) is 4.74 Å². The third kappa shape index (κ3) is 2.34. The molecule has 1 rings (SSSR count). The van der Waals surface area contributed by atoms with Gasteiger partial charge in [0, 0.05) is 19.5 Å². The highest BCUT2D eigenvalue weighted by molar-refractivity contribution is 5.86. The van der Waals surface area contributed by atoms with E-state index < -0.39 is 0 Å². The van der Waals surface area contributed by atoms with Crippen molar-refractivity contribution < 1.29 is 14.3 Å². The molecule has 0 aromatic heterocycles. The monoisotopic (exact) mass is 197 g/mol. The Labute approximate surface area is 83.5 Å². The number of carbonyl (C=O) groups excluding carboxylic acids is 2. The Kier molecular flexibility index (Phi) is 3.68. The topological polar surface area (TPSA) is 46.6 Å². The van der Waals surface area contributed by atoms with Crippen molar-refractivity contribution in [3.63, 3.8) is 0 Å². The quantitative estimate of drug-likeness (QED) is 0.489. The number of amides is 1. The number of esters is 1. The maximum atomic E-state index is 11.4. The van der Waals surface area contributed by atoms with E-state index in [0.717, 1.165) is 0 Å². The minimum atomic E-state index is -0.289. The maximum Gasteiger partial charge on any atom is 0.311 e. The van der Waals surface area contributed by atoms with Gasteiger partial charge in [0.1, 0.15) is 0 Å². The molecule has 1 atom stereocenters. The Morgan fingerprint density at radius 2 is 2.50 bits per heavy atom. The predicted molar refractivity (Wildman–Crippen MR) is 51.5 cm³/mol. The summed E-state index contributed by atoms with van der Waals surface area (Å²) in [6.07, 6.45) is 1.93. The first-order valence-electron chi connectivity index (χ1n) is 4.74. The molecule has 1 amide bonds. The highest BCUT2D eigenvalue weighted by Gasteiger charge is 2.34. The fraction of sp³-hybridized carbons (Fsp3) is 0.600. The van der Waals surface area contributed by atoms with Gasteiger partial charge in [-0.25, -0.2) is 0 Å². The molecule has 0 aliphatic carbocycles. The van der Waals surface area contributed by atoms with Crippen LogP contribution in [0.15, 0.2) is 12.7 Å². The summed E-state index contributed by atoms with van der Waals surface area (Å²) in [5.41, 5.74) is 0. The number of hydrogen-bond acceptors (Lipinski definition) is 3. The second-order valence-electron chi connectivity index (χ2n) is 3.24. The van der Waals surface area contributed by atoms with Crippen LogP contribution in [0.4, 0.5) is 0 Å². The zero-order valence-electron chi connectivity index (χ0n) is 8.36. The summed E-state index contributed by atoms with van der Waals surface area (Å²) in [4.78, 5) is 24.3. The molecule has 1 aliphatic rings. The van der Waals surface area contributed by atoms with Gasteiger partial charge in [-0.05, 0) is 6.92 Å². The van der Waals surface area contributed by atoms with Crippen molar-refractivity contribution in [2.45, 2.75) is 13.3 Å². The summed E-state index contributed by atoms with van der Waals surface area (Å²) in [6.45, 7) is 6.65. The molecule has 4 nitrogen and oxygen atoms in total. The van der Waals surface area contributed by atoms with Crippen LogP contribution < -0.4 is 0 Å². The number of rotatable bonds is 4. The van der Waals surface area contributed by atoms with Crippen molar-refractivity contribution in [3.8, 4) is 0 Å². The molecule has 1 saturated heterocycles. The van der Waals surface area contributed by atoms with Gasteiger partial charge in [0.25, 0.3) is 0 Å². The van der Waals surface area contributed by atoms with Crippen molar-refractivity contribution in [2.24, 2.45) is 5.92 Å². The lowest BCUT2D eigenvalue weighted by Crippen LogP contribution is -2.26. The molecule has 0 radical (unpaired) electrons. The molecule has 0 aromatic rings. The minimum absolute atomic E-state index is 0.00273. The van der Waals surface area contributed by atoms with Gasteiger partial charge in [-0.1, -0.05) is 6.08 Å². The summed E-state index contributed by atoms with van der Waals surface area (Å²) >= 11 is 0. The molecule has 1 fully saturated rings. The largest absolute Gasteiger partial charge is 0.466 e. The number of carbonyl (C=O) groups is 2. The molecule has 1 aliphatic heterocycles. The average Bonchev–Trinajstić information content (AvgIpc) is 2.49. The van der Waals surface area contributed by atoms with Crippen LogP contribution >= 0.6 is 0 Å². The van der Waals surface area contributed by atoms with Crippen molar-refractivity contribution in [1.82, 2.24) is 4.90 Å². The Morgan fingerprint density at radius 1 is 1.79 bits per heavy atom. The van der Waals surface area contributed by atoms with Gasteiger partial charge in [-0.15, -0.1) is 6.58 Å². The van der Waals surface area contributed by atoms with E-state index >= 15 is 0 Å². The molecule has 0 spiro atoms. The number of nitrogens with zero attached hydrogens (tertiary/aromatic N) is 1. The molecule has 1 heterocycles. The summed E-state index contributed by atoms with van der Waals surface area (Å²) in [5, 5.41) is 0. The van der Waals surface area contributed by atoms with Crippen molar-refractivity contribution in [1.29, 1.82) is 0 Å². The van der Waals surface area contributed by atoms with E-state index in [1.165, 1.54) is 0 Å². The molecular formula is C10H15NO3. The zero-order valence-corrected chi connectivity index (χ0v) is 8.36. The first-order valence-corrected chi connectivity index (χ1v) is 4.74. The highest BCUT2D eigenvalue weighted by atomic mass is 16.5. The van der Waals surface area contributed by atoms with E-state index in [-0.39, 0.29) is 24.2 Å². The van der Waals surface area contributed by atoms with Crippen LogP contribution in [0, 0.1) is 5.92 Å². The maximum absolute atomic E-state index is 11.4. The van der Waals surface area contributed by atoms with Crippen LogP contribution in [0.2, 0.25) is 0 Å². The summed E-state index contributed by atoms with van der Waals surface area (Å²) in [6, 6.07) is 0.